The summed E-state index contributed by atoms with van der Waals surface area (Å²) in [5.41, 5.74) is 2.19. The first-order valence-corrected chi connectivity index (χ1v) is 9.95. The number of rotatable bonds is 8. The Bertz CT molecular complexity index is 723. The van der Waals surface area contributed by atoms with Gasteiger partial charge in [0.2, 0.25) is 0 Å². The zero-order valence-corrected chi connectivity index (χ0v) is 16.9. The average Bonchev–Trinajstić information content (AvgIpc) is 3.22. The maximum Gasteiger partial charge on any atom is 0.193 e. The summed E-state index contributed by atoms with van der Waals surface area (Å²) in [7, 11) is 3.56. The second kappa shape index (κ2) is 10.8. The van der Waals surface area contributed by atoms with Crippen LogP contribution in [0, 0.1) is 0 Å². The number of benzene rings is 1. The summed E-state index contributed by atoms with van der Waals surface area (Å²) in [5.74, 6) is 0.935. The van der Waals surface area contributed by atoms with Gasteiger partial charge in [-0.2, -0.15) is 5.10 Å². The molecule has 2 aromatic rings. The number of aliphatic imine (C=N–C) groups is 1. The van der Waals surface area contributed by atoms with Crippen molar-refractivity contribution in [2.24, 2.45) is 4.99 Å². The Labute approximate surface area is 167 Å². The molecule has 0 unspecified atom stereocenters. The van der Waals surface area contributed by atoms with Gasteiger partial charge >= 0.3 is 0 Å². The molecule has 28 heavy (non-hydrogen) atoms. The Morgan fingerprint density at radius 1 is 1.21 bits per heavy atom. The van der Waals surface area contributed by atoms with Gasteiger partial charge in [0.25, 0.3) is 0 Å². The van der Waals surface area contributed by atoms with E-state index >= 15 is 0 Å². The van der Waals surface area contributed by atoms with E-state index < -0.39 is 0 Å². The zero-order chi connectivity index (χ0) is 19.6. The summed E-state index contributed by atoms with van der Waals surface area (Å²) < 4.78 is 12.9. The van der Waals surface area contributed by atoms with Crippen LogP contribution in [-0.4, -0.2) is 67.2 Å². The molecule has 0 radical (unpaired) electrons. The first kappa shape index (κ1) is 20.4. The highest BCUT2D eigenvalue weighted by Gasteiger charge is 2.21. The highest BCUT2D eigenvalue weighted by atomic mass is 16.5. The van der Waals surface area contributed by atoms with Crippen molar-refractivity contribution in [1.29, 1.82) is 0 Å². The molecule has 7 heteroatoms. The summed E-state index contributed by atoms with van der Waals surface area (Å²) in [6, 6.07) is 10.1. The molecule has 0 aliphatic carbocycles. The van der Waals surface area contributed by atoms with Crippen LogP contribution in [0.4, 0.5) is 0 Å². The van der Waals surface area contributed by atoms with Gasteiger partial charge < -0.3 is 19.7 Å². The minimum atomic E-state index is 0.343. The van der Waals surface area contributed by atoms with Gasteiger partial charge in [-0.25, -0.2) is 4.68 Å². The molecular weight excluding hydrogens is 354 g/mol. The fourth-order valence-corrected chi connectivity index (χ4v) is 3.37. The lowest BCUT2D eigenvalue weighted by Crippen LogP contribution is -2.46. The lowest BCUT2D eigenvalue weighted by atomic mass is 10.1. The third-order valence-corrected chi connectivity index (χ3v) is 4.91. The number of para-hydroxylation sites is 1. The van der Waals surface area contributed by atoms with Crippen LogP contribution in [0.5, 0.6) is 0 Å². The summed E-state index contributed by atoms with van der Waals surface area (Å²) >= 11 is 0. The SMILES string of the molecule is CN=C(NCc1cnn(-c2ccccc2)c1)N1CCC(OCCCOC)CC1. The monoisotopic (exact) mass is 385 g/mol. The molecule has 0 spiro atoms. The number of guanidine groups is 1. The van der Waals surface area contributed by atoms with Gasteiger partial charge in [-0.05, 0) is 31.4 Å². The van der Waals surface area contributed by atoms with Gasteiger partial charge in [-0.15, -0.1) is 0 Å². The van der Waals surface area contributed by atoms with E-state index in [4.69, 9.17) is 9.47 Å². The minimum Gasteiger partial charge on any atom is -0.385 e. The second-order valence-corrected chi connectivity index (χ2v) is 6.93. The van der Waals surface area contributed by atoms with Gasteiger partial charge in [-0.1, -0.05) is 18.2 Å². The van der Waals surface area contributed by atoms with E-state index in [1.165, 1.54) is 0 Å². The Hall–Kier alpha value is -2.38. The number of methoxy groups -OCH3 is 1. The van der Waals surface area contributed by atoms with Crippen LogP contribution < -0.4 is 5.32 Å². The molecule has 1 aliphatic rings. The quantitative estimate of drug-likeness (QED) is 0.430. The Kier molecular flexibility index (Phi) is 7.87. The van der Waals surface area contributed by atoms with Crippen LogP contribution in [0.1, 0.15) is 24.8 Å². The summed E-state index contributed by atoms with van der Waals surface area (Å²) in [6.07, 6.45) is 7.30. The largest absolute Gasteiger partial charge is 0.385 e. The number of likely N-dealkylation sites (tertiary alicyclic amines) is 1. The zero-order valence-electron chi connectivity index (χ0n) is 16.9. The Morgan fingerprint density at radius 3 is 2.71 bits per heavy atom. The van der Waals surface area contributed by atoms with Crippen LogP contribution in [0.2, 0.25) is 0 Å². The molecule has 1 aromatic carbocycles. The van der Waals surface area contributed by atoms with Crippen molar-refractivity contribution in [3.05, 3.63) is 48.3 Å². The molecular formula is C21H31N5O2. The van der Waals surface area contributed by atoms with Crippen LogP contribution in [-0.2, 0) is 16.0 Å². The van der Waals surface area contributed by atoms with E-state index in [1.54, 1.807) is 7.11 Å². The first-order chi connectivity index (χ1) is 13.8. The standard InChI is InChI=1S/C21H31N5O2/c1-22-21(25-11-9-20(10-12-25)28-14-6-13-27-2)23-15-18-16-24-26(17-18)19-7-4-3-5-8-19/h3-5,7-8,16-17,20H,6,9-15H2,1-2H3,(H,22,23). The van der Waals surface area contributed by atoms with E-state index in [-0.39, 0.29) is 0 Å². The molecule has 0 saturated carbocycles. The molecule has 7 nitrogen and oxygen atoms in total. The predicted octanol–water partition coefficient (Wildman–Crippen LogP) is 2.47. The Balaban J connectivity index is 1.44. The summed E-state index contributed by atoms with van der Waals surface area (Å²) in [6.45, 7) is 4.15. The summed E-state index contributed by atoms with van der Waals surface area (Å²) in [5, 5.41) is 7.91. The number of piperidine rings is 1. The molecule has 0 atom stereocenters. The molecule has 1 fully saturated rings. The molecule has 152 valence electrons. The van der Waals surface area contributed by atoms with Gasteiger partial charge in [0.1, 0.15) is 0 Å². The van der Waals surface area contributed by atoms with Crippen molar-refractivity contribution in [3.8, 4) is 5.69 Å². The average molecular weight is 386 g/mol. The topological polar surface area (TPSA) is 63.9 Å². The highest BCUT2D eigenvalue weighted by Crippen LogP contribution is 2.14. The van der Waals surface area contributed by atoms with E-state index in [9.17, 15) is 0 Å². The minimum absolute atomic E-state index is 0.343. The number of ether oxygens (including phenoxy) is 2. The van der Waals surface area contributed by atoms with E-state index in [0.717, 1.165) is 62.8 Å². The maximum absolute atomic E-state index is 5.94. The van der Waals surface area contributed by atoms with Crippen molar-refractivity contribution in [1.82, 2.24) is 20.0 Å². The first-order valence-electron chi connectivity index (χ1n) is 9.95. The highest BCUT2D eigenvalue weighted by molar-refractivity contribution is 5.79. The number of nitrogens with one attached hydrogen (secondary N) is 1. The van der Waals surface area contributed by atoms with Crippen LogP contribution in [0.3, 0.4) is 0 Å². The molecule has 3 rings (SSSR count). The number of nitrogens with zero attached hydrogens (tertiary/aromatic N) is 4. The van der Waals surface area contributed by atoms with Crippen molar-refractivity contribution in [2.45, 2.75) is 31.9 Å². The second-order valence-electron chi connectivity index (χ2n) is 6.93. The van der Waals surface area contributed by atoms with Gasteiger partial charge in [0.15, 0.2) is 5.96 Å². The van der Waals surface area contributed by atoms with Gasteiger partial charge in [0, 0.05) is 58.8 Å². The van der Waals surface area contributed by atoms with Gasteiger partial charge in [0.05, 0.1) is 18.0 Å². The van der Waals surface area contributed by atoms with Crippen molar-refractivity contribution in [2.75, 3.05) is 40.5 Å². The van der Waals surface area contributed by atoms with Crippen LogP contribution in [0.25, 0.3) is 5.69 Å². The molecule has 0 amide bonds. The van der Waals surface area contributed by atoms with E-state index in [0.29, 0.717) is 12.6 Å². The van der Waals surface area contributed by atoms with E-state index in [1.807, 2.05) is 48.3 Å². The smallest absolute Gasteiger partial charge is 0.193 e. The third-order valence-electron chi connectivity index (χ3n) is 4.91. The van der Waals surface area contributed by atoms with E-state index in [2.05, 4.69) is 26.5 Å². The van der Waals surface area contributed by atoms with Crippen molar-refractivity contribution >= 4 is 5.96 Å². The Morgan fingerprint density at radius 2 is 2.00 bits per heavy atom. The molecule has 1 N–H and O–H groups in total. The summed E-state index contributed by atoms with van der Waals surface area (Å²) in [4.78, 5) is 6.75. The lowest BCUT2D eigenvalue weighted by molar-refractivity contribution is 0.00989. The molecule has 0 bridgehead atoms. The normalized spacial score (nSPS) is 15.8. The van der Waals surface area contributed by atoms with Gasteiger partial charge in [-0.3, -0.25) is 4.99 Å². The fourth-order valence-electron chi connectivity index (χ4n) is 3.37. The van der Waals surface area contributed by atoms with Crippen LogP contribution >= 0.6 is 0 Å². The lowest BCUT2D eigenvalue weighted by Gasteiger charge is -2.34. The fraction of sp³-hybridized carbons (Fsp3) is 0.524. The van der Waals surface area contributed by atoms with Crippen molar-refractivity contribution < 1.29 is 9.47 Å². The van der Waals surface area contributed by atoms with Crippen LogP contribution in [0.15, 0.2) is 47.7 Å². The number of aromatic nitrogens is 2. The molecule has 1 aromatic heterocycles. The molecule has 1 saturated heterocycles. The maximum atomic E-state index is 5.94. The molecule has 2 heterocycles. The number of hydrogen-bond donors (Lipinski definition) is 1. The van der Waals surface area contributed by atoms with Crippen molar-refractivity contribution in [3.63, 3.8) is 0 Å². The number of hydrogen-bond acceptors (Lipinski definition) is 4. The third kappa shape index (κ3) is 5.81. The predicted molar refractivity (Wildman–Crippen MR) is 111 cm³/mol. The molecule has 1 aliphatic heterocycles.